The molecule has 0 amide bonds. The fourth-order valence-corrected chi connectivity index (χ4v) is 3.51. The van der Waals surface area contributed by atoms with Crippen molar-refractivity contribution in [2.75, 3.05) is 0 Å². The molecule has 0 spiro atoms. The first kappa shape index (κ1) is 12.6. The van der Waals surface area contributed by atoms with Gasteiger partial charge in [0.05, 0.1) is 10.2 Å². The number of benzene rings is 2. The molecule has 3 rings (SSSR count). The third-order valence-electron chi connectivity index (χ3n) is 2.70. The van der Waals surface area contributed by atoms with Crippen LogP contribution in [0.4, 0.5) is 0 Å². The summed E-state index contributed by atoms with van der Waals surface area (Å²) in [6, 6.07) is 14.9. The molecule has 4 heteroatoms. The minimum Gasteiger partial charge on any atom is -0.236 e. The molecule has 0 aliphatic carbocycles. The van der Waals surface area contributed by atoms with Crippen LogP contribution in [-0.2, 0) is 5.33 Å². The van der Waals surface area contributed by atoms with E-state index in [0.29, 0.717) is 0 Å². The van der Waals surface area contributed by atoms with Crippen molar-refractivity contribution in [3.63, 3.8) is 0 Å². The lowest BCUT2D eigenvalue weighted by Gasteiger charge is -1.94. The summed E-state index contributed by atoms with van der Waals surface area (Å²) >= 11 is 7.55. The summed E-state index contributed by atoms with van der Waals surface area (Å²) < 4.78 is 2.50. The number of thiazole rings is 1. The van der Waals surface area contributed by atoms with Crippen molar-refractivity contribution in [2.24, 2.45) is 0 Å². The topological polar surface area (TPSA) is 12.9 Å². The monoisotopic (exact) mass is 429 g/mol. The summed E-state index contributed by atoms with van der Waals surface area (Å²) in [5.41, 5.74) is 3.57. The van der Waals surface area contributed by atoms with Crippen LogP contribution in [0.25, 0.3) is 20.8 Å². The van der Waals surface area contributed by atoms with Gasteiger partial charge in [-0.2, -0.15) is 0 Å². The highest BCUT2D eigenvalue weighted by atomic mass is 127. The molecule has 0 N–H and O–H groups in total. The standard InChI is InChI=1S/C14H9BrINS/c15-8-9-1-6-12-13(7-9)18-14(17-12)10-2-4-11(16)5-3-10/h1-7H,8H2. The Bertz CT molecular complexity index is 691. The summed E-state index contributed by atoms with van der Waals surface area (Å²) in [6.45, 7) is 0. The van der Waals surface area contributed by atoms with Gasteiger partial charge in [0.25, 0.3) is 0 Å². The molecule has 0 saturated heterocycles. The summed E-state index contributed by atoms with van der Waals surface area (Å²) in [5.74, 6) is 0. The number of halogens is 2. The largest absolute Gasteiger partial charge is 0.236 e. The molecule has 0 radical (unpaired) electrons. The number of rotatable bonds is 2. The number of hydrogen-bond acceptors (Lipinski definition) is 2. The van der Waals surface area contributed by atoms with Crippen LogP contribution in [-0.4, -0.2) is 4.98 Å². The zero-order valence-electron chi connectivity index (χ0n) is 9.36. The van der Waals surface area contributed by atoms with E-state index in [1.165, 1.54) is 19.4 Å². The fraction of sp³-hybridized carbons (Fsp3) is 0.0714. The number of aromatic nitrogens is 1. The van der Waals surface area contributed by atoms with Crippen LogP contribution in [0, 0.1) is 3.57 Å². The van der Waals surface area contributed by atoms with Gasteiger partial charge in [0.15, 0.2) is 0 Å². The molecule has 1 heterocycles. The van der Waals surface area contributed by atoms with Crippen molar-refractivity contribution in [2.45, 2.75) is 5.33 Å². The maximum Gasteiger partial charge on any atom is 0.124 e. The molecule has 0 atom stereocenters. The second-order valence-electron chi connectivity index (χ2n) is 3.96. The highest BCUT2D eigenvalue weighted by Gasteiger charge is 2.06. The van der Waals surface area contributed by atoms with Gasteiger partial charge in [0.1, 0.15) is 5.01 Å². The molecule has 0 fully saturated rings. The lowest BCUT2D eigenvalue weighted by molar-refractivity contribution is 1.43. The van der Waals surface area contributed by atoms with Gasteiger partial charge in [0.2, 0.25) is 0 Å². The molecule has 2 aromatic carbocycles. The van der Waals surface area contributed by atoms with Gasteiger partial charge in [-0.3, -0.25) is 0 Å². The molecule has 0 saturated carbocycles. The molecule has 18 heavy (non-hydrogen) atoms. The molecule has 0 aliphatic heterocycles. The maximum atomic E-state index is 4.69. The van der Waals surface area contributed by atoms with Gasteiger partial charge in [-0.05, 0) is 52.4 Å². The van der Waals surface area contributed by atoms with Crippen molar-refractivity contribution in [3.05, 3.63) is 51.6 Å². The summed E-state index contributed by atoms with van der Waals surface area (Å²) in [5, 5.41) is 1.98. The maximum absolute atomic E-state index is 4.69. The Morgan fingerprint density at radius 3 is 2.61 bits per heavy atom. The van der Waals surface area contributed by atoms with Crippen molar-refractivity contribution >= 4 is 60.1 Å². The van der Waals surface area contributed by atoms with E-state index in [0.717, 1.165) is 15.9 Å². The molecule has 1 aromatic heterocycles. The number of alkyl halides is 1. The van der Waals surface area contributed by atoms with Crippen molar-refractivity contribution < 1.29 is 0 Å². The quantitative estimate of drug-likeness (QED) is 0.389. The van der Waals surface area contributed by atoms with Crippen LogP contribution in [0.2, 0.25) is 0 Å². The van der Waals surface area contributed by atoms with Gasteiger partial charge in [-0.1, -0.05) is 34.1 Å². The predicted octanol–water partition coefficient (Wildman–Crippen LogP) is 5.46. The van der Waals surface area contributed by atoms with E-state index < -0.39 is 0 Å². The normalized spacial score (nSPS) is 11.0. The Labute approximate surface area is 132 Å². The summed E-state index contributed by atoms with van der Waals surface area (Å²) in [6.07, 6.45) is 0. The molecule has 3 aromatic rings. The van der Waals surface area contributed by atoms with Crippen LogP contribution >= 0.6 is 49.9 Å². The third-order valence-corrected chi connectivity index (χ3v) is 5.13. The first-order valence-electron chi connectivity index (χ1n) is 5.47. The van der Waals surface area contributed by atoms with Crippen LogP contribution in [0.3, 0.4) is 0 Å². The predicted molar refractivity (Wildman–Crippen MR) is 90.4 cm³/mol. The molecule has 1 nitrogen and oxygen atoms in total. The van der Waals surface area contributed by atoms with Crippen molar-refractivity contribution in [1.29, 1.82) is 0 Å². The Morgan fingerprint density at radius 1 is 1.11 bits per heavy atom. The van der Waals surface area contributed by atoms with Crippen LogP contribution in [0.15, 0.2) is 42.5 Å². The van der Waals surface area contributed by atoms with E-state index in [4.69, 9.17) is 0 Å². The van der Waals surface area contributed by atoms with E-state index >= 15 is 0 Å². The van der Waals surface area contributed by atoms with Crippen molar-refractivity contribution in [3.8, 4) is 10.6 Å². The molecule has 90 valence electrons. The minimum absolute atomic E-state index is 0.889. The van der Waals surface area contributed by atoms with E-state index in [9.17, 15) is 0 Å². The first-order chi connectivity index (χ1) is 8.76. The molecule has 0 bridgehead atoms. The van der Waals surface area contributed by atoms with Crippen LogP contribution in [0.1, 0.15) is 5.56 Å². The van der Waals surface area contributed by atoms with E-state index in [1.54, 1.807) is 11.3 Å². The van der Waals surface area contributed by atoms with Gasteiger partial charge >= 0.3 is 0 Å². The molecule has 0 unspecified atom stereocenters. The highest BCUT2D eigenvalue weighted by Crippen LogP contribution is 2.31. The Kier molecular flexibility index (Phi) is 3.68. The Morgan fingerprint density at radius 2 is 1.89 bits per heavy atom. The zero-order valence-corrected chi connectivity index (χ0v) is 13.9. The lowest BCUT2D eigenvalue weighted by Crippen LogP contribution is -1.77. The number of fused-ring (bicyclic) bond motifs is 1. The van der Waals surface area contributed by atoms with Crippen LogP contribution < -0.4 is 0 Å². The number of nitrogens with zero attached hydrogens (tertiary/aromatic N) is 1. The fourth-order valence-electron chi connectivity index (χ4n) is 1.77. The van der Waals surface area contributed by atoms with Gasteiger partial charge in [-0.15, -0.1) is 11.3 Å². The van der Waals surface area contributed by atoms with Gasteiger partial charge in [0, 0.05) is 14.5 Å². The van der Waals surface area contributed by atoms with Crippen LogP contribution in [0.5, 0.6) is 0 Å². The minimum atomic E-state index is 0.889. The number of hydrogen-bond donors (Lipinski definition) is 0. The lowest BCUT2D eigenvalue weighted by atomic mass is 10.2. The smallest absolute Gasteiger partial charge is 0.124 e. The second-order valence-corrected chi connectivity index (χ2v) is 6.80. The molecular formula is C14H9BrINS. The first-order valence-corrected chi connectivity index (χ1v) is 8.49. The average molecular weight is 430 g/mol. The Hall–Kier alpha value is -0.460. The van der Waals surface area contributed by atoms with E-state index in [2.05, 4.69) is 86.0 Å². The van der Waals surface area contributed by atoms with Gasteiger partial charge < -0.3 is 0 Å². The summed E-state index contributed by atoms with van der Waals surface area (Å²) in [4.78, 5) is 4.69. The van der Waals surface area contributed by atoms with E-state index in [1.807, 2.05) is 0 Å². The summed E-state index contributed by atoms with van der Waals surface area (Å²) in [7, 11) is 0. The Balaban J connectivity index is 2.10. The zero-order chi connectivity index (χ0) is 12.5. The SMILES string of the molecule is BrCc1ccc2nc(-c3ccc(I)cc3)sc2c1. The van der Waals surface area contributed by atoms with E-state index in [-0.39, 0.29) is 0 Å². The molecular weight excluding hydrogens is 421 g/mol. The molecule has 0 aliphatic rings. The van der Waals surface area contributed by atoms with Gasteiger partial charge in [-0.25, -0.2) is 4.98 Å². The highest BCUT2D eigenvalue weighted by molar-refractivity contribution is 14.1. The van der Waals surface area contributed by atoms with Crippen molar-refractivity contribution in [1.82, 2.24) is 4.98 Å². The second kappa shape index (κ2) is 5.27. The third kappa shape index (κ3) is 2.46. The average Bonchev–Trinajstić information content (AvgIpc) is 2.82.